The smallest absolute Gasteiger partial charge is 0.182 e. The maximum Gasteiger partial charge on any atom is 0.182 e. The highest BCUT2D eigenvalue weighted by Gasteiger charge is 2.21. The van der Waals surface area contributed by atoms with Crippen molar-refractivity contribution in [3.63, 3.8) is 0 Å². The van der Waals surface area contributed by atoms with Gasteiger partial charge in [0.1, 0.15) is 12.3 Å². The minimum absolute atomic E-state index is 0.297. The fraction of sp³-hybridized carbons (Fsp3) is 1.00. The Morgan fingerprint density at radius 2 is 1.73 bits per heavy atom. The molecule has 2 unspecified atom stereocenters. The lowest BCUT2D eigenvalue weighted by Gasteiger charge is -2.19. The van der Waals surface area contributed by atoms with E-state index in [-0.39, 0.29) is 0 Å². The van der Waals surface area contributed by atoms with Gasteiger partial charge in [-0.1, -0.05) is 0 Å². The Morgan fingerprint density at radius 3 is 2.09 bits per heavy atom. The van der Waals surface area contributed by atoms with E-state index in [1.807, 2.05) is 0 Å². The van der Waals surface area contributed by atoms with Crippen molar-refractivity contribution in [2.75, 3.05) is 13.1 Å². The van der Waals surface area contributed by atoms with Crippen LogP contribution in [0, 0.1) is 0 Å². The summed E-state index contributed by atoms with van der Waals surface area (Å²) in [5.74, 6) is 0. The second-order valence-corrected chi connectivity index (χ2v) is 2.09. The van der Waals surface area contributed by atoms with Crippen LogP contribution in [0.2, 0.25) is 0 Å². The van der Waals surface area contributed by atoms with Crippen LogP contribution >= 0.6 is 0 Å². The van der Waals surface area contributed by atoms with Gasteiger partial charge in [0.25, 0.3) is 0 Å². The molecule has 0 aromatic heterocycles. The van der Waals surface area contributed by atoms with Crippen molar-refractivity contribution in [2.24, 2.45) is 5.73 Å². The Kier molecular flexibility index (Phi) is 5.30. The summed E-state index contributed by atoms with van der Waals surface area (Å²) in [6.45, 7) is 0.594. The first-order chi connectivity index (χ1) is 5.09. The van der Waals surface area contributed by atoms with E-state index in [1.54, 1.807) is 0 Å². The predicted molar refractivity (Wildman–Crippen MR) is 37.3 cm³/mol. The number of aliphatic hydroxyl groups excluding tert-OH is 3. The van der Waals surface area contributed by atoms with Crippen molar-refractivity contribution >= 4 is 0 Å². The zero-order chi connectivity index (χ0) is 8.85. The molecular formula is C5H14N2O4. The van der Waals surface area contributed by atoms with Gasteiger partial charge in [-0.2, -0.15) is 0 Å². The summed E-state index contributed by atoms with van der Waals surface area (Å²) in [5.41, 5.74) is 5.07. The van der Waals surface area contributed by atoms with Crippen LogP contribution < -0.4 is 11.1 Å². The quantitative estimate of drug-likeness (QED) is 0.236. The van der Waals surface area contributed by atoms with Crippen LogP contribution in [-0.4, -0.2) is 52.1 Å². The highest BCUT2D eigenvalue weighted by molar-refractivity contribution is 4.66. The highest BCUT2D eigenvalue weighted by atomic mass is 16.5. The molecule has 0 spiro atoms. The maximum absolute atomic E-state index is 8.88. The van der Waals surface area contributed by atoms with E-state index in [2.05, 4.69) is 5.32 Å². The van der Waals surface area contributed by atoms with E-state index < -0.39 is 18.6 Å². The largest absolute Gasteiger partial charge is 0.384 e. The fourth-order valence-corrected chi connectivity index (χ4v) is 0.515. The summed E-state index contributed by atoms with van der Waals surface area (Å²) < 4.78 is 0. The lowest BCUT2D eigenvalue weighted by atomic mass is 10.3. The van der Waals surface area contributed by atoms with Crippen LogP contribution in [-0.2, 0) is 0 Å². The van der Waals surface area contributed by atoms with Gasteiger partial charge in [-0.05, 0) is 0 Å². The topological polar surface area (TPSA) is 119 Å². The molecule has 7 N–H and O–H groups in total. The zero-order valence-corrected chi connectivity index (χ0v) is 6.01. The van der Waals surface area contributed by atoms with Gasteiger partial charge in [-0.25, -0.2) is 0 Å². The van der Waals surface area contributed by atoms with Gasteiger partial charge >= 0.3 is 0 Å². The van der Waals surface area contributed by atoms with Gasteiger partial charge in [0, 0.05) is 13.1 Å². The molecule has 0 aromatic carbocycles. The molecule has 0 rings (SSSR count). The third kappa shape index (κ3) is 4.25. The summed E-state index contributed by atoms with van der Waals surface area (Å²) in [7, 11) is 0. The molecule has 11 heavy (non-hydrogen) atoms. The van der Waals surface area contributed by atoms with Crippen LogP contribution in [0.25, 0.3) is 0 Å². The highest BCUT2D eigenvalue weighted by Crippen LogP contribution is 1.93. The summed E-state index contributed by atoms with van der Waals surface area (Å²) in [6, 6.07) is 0. The third-order valence-electron chi connectivity index (χ3n) is 1.13. The second-order valence-electron chi connectivity index (χ2n) is 2.09. The first kappa shape index (κ1) is 10.8. The number of aliphatic hydroxyl groups is 4. The standard InChI is InChI=1S/C5H14N2O4/c6-1-2-7-4(9)3(8)5(10)11/h3-5,7-11H,1-2,6H2. The van der Waals surface area contributed by atoms with E-state index in [1.165, 1.54) is 0 Å². The van der Waals surface area contributed by atoms with Crippen molar-refractivity contribution < 1.29 is 20.4 Å². The summed E-state index contributed by atoms with van der Waals surface area (Å²) in [4.78, 5) is 0. The molecule has 0 saturated carbocycles. The molecule has 2 atom stereocenters. The van der Waals surface area contributed by atoms with Crippen LogP contribution in [0.15, 0.2) is 0 Å². The molecule has 6 nitrogen and oxygen atoms in total. The van der Waals surface area contributed by atoms with Crippen LogP contribution in [0.1, 0.15) is 0 Å². The lowest BCUT2D eigenvalue weighted by Crippen LogP contribution is -2.47. The summed E-state index contributed by atoms with van der Waals surface area (Å²) >= 11 is 0. The maximum atomic E-state index is 8.88. The molecule has 0 heterocycles. The summed E-state index contributed by atoms with van der Waals surface area (Å²) in [5, 5.41) is 36.8. The van der Waals surface area contributed by atoms with Crippen molar-refractivity contribution in [2.45, 2.75) is 18.6 Å². The van der Waals surface area contributed by atoms with E-state index in [0.29, 0.717) is 13.1 Å². The number of hydrogen-bond donors (Lipinski definition) is 6. The van der Waals surface area contributed by atoms with E-state index in [9.17, 15) is 0 Å². The second kappa shape index (κ2) is 5.42. The Bertz CT molecular complexity index is 100. The van der Waals surface area contributed by atoms with Gasteiger partial charge in [-0.15, -0.1) is 0 Å². The minimum Gasteiger partial charge on any atom is -0.384 e. The van der Waals surface area contributed by atoms with Crippen LogP contribution in [0.4, 0.5) is 0 Å². The number of nitrogens with one attached hydrogen (secondary N) is 1. The zero-order valence-electron chi connectivity index (χ0n) is 6.01. The van der Waals surface area contributed by atoms with E-state index in [4.69, 9.17) is 26.2 Å². The Balaban J connectivity index is 3.55. The van der Waals surface area contributed by atoms with E-state index >= 15 is 0 Å². The van der Waals surface area contributed by atoms with Gasteiger partial charge in [0.05, 0.1) is 0 Å². The van der Waals surface area contributed by atoms with Crippen molar-refractivity contribution in [1.29, 1.82) is 0 Å². The minimum atomic E-state index is -1.95. The predicted octanol–water partition coefficient (Wildman–Crippen LogP) is -3.48. The molecule has 0 aliphatic heterocycles. The first-order valence-electron chi connectivity index (χ1n) is 3.25. The number of hydrogen-bond acceptors (Lipinski definition) is 6. The van der Waals surface area contributed by atoms with Crippen LogP contribution in [0.3, 0.4) is 0 Å². The Morgan fingerprint density at radius 1 is 1.18 bits per heavy atom. The lowest BCUT2D eigenvalue weighted by molar-refractivity contribution is -0.163. The monoisotopic (exact) mass is 166 g/mol. The van der Waals surface area contributed by atoms with Crippen molar-refractivity contribution in [1.82, 2.24) is 5.32 Å². The molecule has 0 bridgehead atoms. The average molecular weight is 166 g/mol. The Labute approximate surface area is 64.3 Å². The number of rotatable bonds is 5. The fourth-order valence-electron chi connectivity index (χ4n) is 0.515. The van der Waals surface area contributed by atoms with Gasteiger partial charge in [0.2, 0.25) is 0 Å². The molecule has 0 aliphatic rings. The molecule has 0 saturated heterocycles. The van der Waals surface area contributed by atoms with Crippen LogP contribution in [0.5, 0.6) is 0 Å². The average Bonchev–Trinajstić information content (AvgIpc) is 1.98. The van der Waals surface area contributed by atoms with Gasteiger partial charge in [0.15, 0.2) is 6.29 Å². The molecule has 0 aliphatic carbocycles. The molecule has 0 fully saturated rings. The van der Waals surface area contributed by atoms with Crippen molar-refractivity contribution in [3.05, 3.63) is 0 Å². The summed E-state index contributed by atoms with van der Waals surface area (Å²) in [6.07, 6.45) is -4.92. The van der Waals surface area contributed by atoms with Gasteiger partial charge in [-0.3, -0.25) is 5.32 Å². The number of nitrogens with two attached hydrogens (primary N) is 1. The Hall–Kier alpha value is -0.240. The normalized spacial score (nSPS) is 16.9. The van der Waals surface area contributed by atoms with Crippen molar-refractivity contribution in [3.8, 4) is 0 Å². The molecule has 68 valence electrons. The third-order valence-corrected chi connectivity index (χ3v) is 1.13. The molecule has 0 amide bonds. The molecule has 0 radical (unpaired) electrons. The van der Waals surface area contributed by atoms with E-state index in [0.717, 1.165) is 0 Å². The first-order valence-corrected chi connectivity index (χ1v) is 3.25. The molecule has 0 aromatic rings. The SMILES string of the molecule is NCCNC(O)C(O)C(O)O. The molecular weight excluding hydrogens is 152 g/mol. The van der Waals surface area contributed by atoms with Gasteiger partial charge < -0.3 is 26.2 Å². The molecule has 6 heteroatoms.